The highest BCUT2D eigenvalue weighted by molar-refractivity contribution is 4.96. The van der Waals surface area contributed by atoms with E-state index in [0.717, 1.165) is 25.7 Å². The first kappa shape index (κ1) is 22.2. The zero-order chi connectivity index (χ0) is 17.0. The van der Waals surface area contributed by atoms with Gasteiger partial charge >= 0.3 is 0 Å². The Labute approximate surface area is 145 Å². The van der Waals surface area contributed by atoms with E-state index in [1.807, 2.05) is 0 Å². The Hall–Kier alpha value is -0.820. The van der Waals surface area contributed by atoms with Crippen LogP contribution in [0.2, 0.25) is 0 Å². The van der Waals surface area contributed by atoms with Crippen LogP contribution in [0, 0.1) is 5.92 Å². The molecule has 1 N–H and O–H groups in total. The number of rotatable bonds is 16. The Morgan fingerprint density at radius 3 is 1.87 bits per heavy atom. The largest absolute Gasteiger partial charge is 0.396 e. The molecule has 0 rings (SSSR count). The van der Waals surface area contributed by atoms with E-state index in [9.17, 15) is 0 Å². The lowest BCUT2D eigenvalue weighted by Crippen LogP contribution is -2.03. The molecule has 0 spiro atoms. The van der Waals surface area contributed by atoms with E-state index in [-0.39, 0.29) is 0 Å². The van der Waals surface area contributed by atoms with E-state index in [4.69, 9.17) is 5.11 Å². The molecule has 0 aliphatic heterocycles. The van der Waals surface area contributed by atoms with Crippen molar-refractivity contribution in [2.75, 3.05) is 6.61 Å². The van der Waals surface area contributed by atoms with E-state index in [1.165, 1.54) is 51.4 Å². The number of hydrogen-bond acceptors (Lipinski definition) is 1. The highest BCUT2D eigenvalue weighted by Crippen LogP contribution is 2.14. The minimum absolute atomic E-state index is 0.369. The first-order valence-electron chi connectivity index (χ1n) is 9.90. The molecule has 0 bridgehead atoms. The topological polar surface area (TPSA) is 20.2 Å². The molecule has 0 fully saturated rings. The van der Waals surface area contributed by atoms with Gasteiger partial charge in [0.1, 0.15) is 0 Å². The van der Waals surface area contributed by atoms with Crippen molar-refractivity contribution in [1.82, 2.24) is 0 Å². The van der Waals surface area contributed by atoms with Crippen molar-refractivity contribution in [3.8, 4) is 0 Å². The normalized spacial score (nSPS) is 13.7. The average molecular weight is 321 g/mol. The van der Waals surface area contributed by atoms with Crippen LogP contribution in [0.4, 0.5) is 0 Å². The van der Waals surface area contributed by atoms with E-state index < -0.39 is 0 Å². The molecule has 134 valence electrons. The molecule has 23 heavy (non-hydrogen) atoms. The molecule has 1 nitrogen and oxygen atoms in total. The third-order valence-electron chi connectivity index (χ3n) is 4.35. The molecule has 1 heteroatoms. The fraction of sp³-hybridized carbons (Fsp3) is 0.727. The predicted octanol–water partition coefficient (Wildman–Crippen LogP) is 6.98. The molecule has 0 aromatic rings. The monoisotopic (exact) mass is 320 g/mol. The van der Waals surface area contributed by atoms with Gasteiger partial charge in [-0.05, 0) is 44.4 Å². The lowest BCUT2D eigenvalue weighted by atomic mass is 9.98. The van der Waals surface area contributed by atoms with E-state index >= 15 is 0 Å². The quantitative estimate of drug-likeness (QED) is 0.240. The summed E-state index contributed by atoms with van der Waals surface area (Å²) in [4.78, 5) is 0. The summed E-state index contributed by atoms with van der Waals surface area (Å²) in [5.74, 6) is 0.539. The van der Waals surface area contributed by atoms with Crippen LogP contribution in [0.5, 0.6) is 0 Å². The fourth-order valence-corrected chi connectivity index (χ4v) is 2.65. The average Bonchev–Trinajstić information content (AvgIpc) is 2.58. The van der Waals surface area contributed by atoms with Crippen LogP contribution in [0.25, 0.3) is 0 Å². The number of allylic oxidation sites excluding steroid dienone is 6. The summed E-state index contributed by atoms with van der Waals surface area (Å²) in [5.41, 5.74) is 0. The smallest absolute Gasteiger partial charge is 0.0459 e. The number of unbranched alkanes of at least 4 members (excludes halogenated alkanes) is 6. The first-order chi connectivity index (χ1) is 11.3. The van der Waals surface area contributed by atoms with Crippen LogP contribution in [0.3, 0.4) is 0 Å². The second-order valence-corrected chi connectivity index (χ2v) is 6.45. The highest BCUT2D eigenvalue weighted by atomic mass is 16.3. The van der Waals surface area contributed by atoms with Gasteiger partial charge in [-0.2, -0.15) is 0 Å². The third-order valence-corrected chi connectivity index (χ3v) is 4.35. The molecular formula is C22H40O. The van der Waals surface area contributed by atoms with Crippen LogP contribution in [-0.2, 0) is 0 Å². The molecule has 0 saturated carbocycles. The second-order valence-electron chi connectivity index (χ2n) is 6.45. The van der Waals surface area contributed by atoms with Crippen LogP contribution in [0.15, 0.2) is 36.5 Å². The highest BCUT2D eigenvalue weighted by Gasteiger charge is 2.03. The summed E-state index contributed by atoms with van der Waals surface area (Å²) in [7, 11) is 0. The summed E-state index contributed by atoms with van der Waals surface area (Å²) in [6.07, 6.45) is 28.4. The van der Waals surface area contributed by atoms with Gasteiger partial charge in [-0.15, -0.1) is 0 Å². The molecule has 0 aliphatic carbocycles. The zero-order valence-electron chi connectivity index (χ0n) is 15.7. The summed E-state index contributed by atoms with van der Waals surface area (Å²) >= 11 is 0. The van der Waals surface area contributed by atoms with E-state index in [0.29, 0.717) is 12.5 Å². The number of aliphatic hydroxyl groups is 1. The van der Waals surface area contributed by atoms with Crippen molar-refractivity contribution < 1.29 is 5.11 Å². The molecular weight excluding hydrogens is 280 g/mol. The van der Waals surface area contributed by atoms with Crippen LogP contribution in [-0.4, -0.2) is 11.7 Å². The van der Waals surface area contributed by atoms with Crippen molar-refractivity contribution in [3.63, 3.8) is 0 Å². The molecule has 0 aromatic carbocycles. The number of aliphatic hydroxyl groups excluding tert-OH is 1. The molecule has 1 unspecified atom stereocenters. The lowest BCUT2D eigenvalue weighted by molar-refractivity contribution is 0.211. The van der Waals surface area contributed by atoms with Crippen molar-refractivity contribution in [2.45, 2.75) is 90.9 Å². The van der Waals surface area contributed by atoms with Crippen LogP contribution < -0.4 is 0 Å². The Balaban J connectivity index is 3.26. The molecule has 0 radical (unpaired) electrons. The van der Waals surface area contributed by atoms with Gasteiger partial charge in [0.05, 0.1) is 0 Å². The van der Waals surface area contributed by atoms with Gasteiger partial charge in [0.2, 0.25) is 0 Å². The maximum atomic E-state index is 9.14. The summed E-state index contributed by atoms with van der Waals surface area (Å²) < 4.78 is 0. The van der Waals surface area contributed by atoms with Gasteiger partial charge < -0.3 is 5.11 Å². The molecule has 1 atom stereocenters. The van der Waals surface area contributed by atoms with Gasteiger partial charge in [-0.3, -0.25) is 0 Å². The maximum Gasteiger partial charge on any atom is 0.0459 e. The molecule has 0 amide bonds. The lowest BCUT2D eigenvalue weighted by Gasteiger charge is -2.10. The number of hydrogen-bond donors (Lipinski definition) is 1. The third kappa shape index (κ3) is 17.4. The van der Waals surface area contributed by atoms with E-state index in [2.05, 4.69) is 50.3 Å². The SMILES string of the molecule is CC/C=C\C/C=C\C/C=C\CCCCCCCCC(CC)CO. The minimum Gasteiger partial charge on any atom is -0.396 e. The van der Waals surface area contributed by atoms with Crippen LogP contribution >= 0.6 is 0 Å². The maximum absolute atomic E-state index is 9.14. The molecule has 0 heterocycles. The summed E-state index contributed by atoms with van der Waals surface area (Å²) in [6, 6.07) is 0. The van der Waals surface area contributed by atoms with Gasteiger partial charge in [-0.25, -0.2) is 0 Å². The minimum atomic E-state index is 0.369. The van der Waals surface area contributed by atoms with Crippen LogP contribution in [0.1, 0.15) is 90.9 Å². The Kier molecular flexibility index (Phi) is 18.5. The Morgan fingerprint density at radius 2 is 1.26 bits per heavy atom. The molecule has 0 saturated heterocycles. The van der Waals surface area contributed by atoms with E-state index in [1.54, 1.807) is 0 Å². The molecule has 0 aliphatic rings. The second kappa shape index (κ2) is 19.2. The van der Waals surface area contributed by atoms with Crippen molar-refractivity contribution in [2.24, 2.45) is 5.92 Å². The standard InChI is InChI=1S/C22H40O/c1-3-5-6-7-8-9-10-11-12-13-14-15-16-17-18-19-20-22(4-2)21-23/h5-6,8-9,11-12,22-23H,3-4,7,10,13-21H2,1-2H3/b6-5-,9-8-,12-11-. The Bertz CT molecular complexity index is 297. The van der Waals surface area contributed by atoms with Gasteiger partial charge in [0.25, 0.3) is 0 Å². The Morgan fingerprint density at radius 1 is 0.696 bits per heavy atom. The van der Waals surface area contributed by atoms with Gasteiger partial charge in [-0.1, -0.05) is 88.8 Å². The zero-order valence-corrected chi connectivity index (χ0v) is 15.7. The van der Waals surface area contributed by atoms with Gasteiger partial charge in [0.15, 0.2) is 0 Å². The van der Waals surface area contributed by atoms with Gasteiger partial charge in [0, 0.05) is 6.61 Å². The summed E-state index contributed by atoms with van der Waals surface area (Å²) in [6.45, 7) is 4.71. The van der Waals surface area contributed by atoms with Crippen molar-refractivity contribution in [1.29, 1.82) is 0 Å². The first-order valence-corrected chi connectivity index (χ1v) is 9.90. The fourth-order valence-electron chi connectivity index (χ4n) is 2.65. The van der Waals surface area contributed by atoms with Crippen molar-refractivity contribution >= 4 is 0 Å². The summed E-state index contributed by atoms with van der Waals surface area (Å²) in [5, 5.41) is 9.14. The predicted molar refractivity (Wildman–Crippen MR) is 105 cm³/mol. The molecule has 0 aromatic heterocycles. The van der Waals surface area contributed by atoms with Crippen molar-refractivity contribution in [3.05, 3.63) is 36.5 Å².